The zero-order valence-corrected chi connectivity index (χ0v) is 14.6. The fraction of sp³-hybridized carbons (Fsp3) is 0.0588. The Hall–Kier alpha value is -2.18. The number of aryl methyl sites for hydroxylation is 1. The van der Waals surface area contributed by atoms with E-state index in [2.05, 4.69) is 26.2 Å². The number of benzene rings is 2. The number of hydrogen-bond acceptors (Lipinski definition) is 4. The molecule has 0 radical (unpaired) electrons. The zero-order chi connectivity index (χ0) is 16.4. The van der Waals surface area contributed by atoms with Crippen molar-refractivity contribution in [1.29, 1.82) is 0 Å². The highest BCUT2D eigenvalue weighted by Gasteiger charge is 2.15. The van der Waals surface area contributed by atoms with Gasteiger partial charge in [0.25, 0.3) is 5.91 Å². The molecular weight excluding hydrogens is 376 g/mol. The molecule has 2 aromatic carbocycles. The molecule has 0 saturated heterocycles. The van der Waals surface area contributed by atoms with Gasteiger partial charge in [-0.15, -0.1) is 11.3 Å². The first-order valence-electron chi connectivity index (χ1n) is 6.86. The van der Waals surface area contributed by atoms with Crippen LogP contribution in [0.4, 0.5) is 5.13 Å². The highest BCUT2D eigenvalue weighted by Crippen LogP contribution is 2.29. The van der Waals surface area contributed by atoms with Gasteiger partial charge in [-0.2, -0.15) is 0 Å². The molecule has 0 unspecified atom stereocenters. The number of hydrogen-bond donors (Lipinski definition) is 2. The minimum atomic E-state index is -0.395. The third kappa shape index (κ3) is 3.43. The highest BCUT2D eigenvalue weighted by atomic mass is 79.9. The lowest BCUT2D eigenvalue weighted by molar-refractivity contribution is 0.102. The molecule has 6 heteroatoms. The monoisotopic (exact) mass is 388 g/mol. The highest BCUT2D eigenvalue weighted by molar-refractivity contribution is 9.10. The minimum Gasteiger partial charge on any atom is -0.506 e. The number of aromatic hydroxyl groups is 1. The molecule has 4 nitrogen and oxygen atoms in total. The molecule has 0 aliphatic heterocycles. The lowest BCUT2D eigenvalue weighted by Crippen LogP contribution is -2.11. The molecule has 0 fully saturated rings. The molecule has 1 amide bonds. The summed E-state index contributed by atoms with van der Waals surface area (Å²) in [6, 6.07) is 13.0. The van der Waals surface area contributed by atoms with Crippen molar-refractivity contribution < 1.29 is 9.90 Å². The summed E-state index contributed by atoms with van der Waals surface area (Å²) in [5.74, 6) is -0.478. The topological polar surface area (TPSA) is 62.2 Å². The second-order valence-electron chi connectivity index (χ2n) is 4.99. The average molecular weight is 389 g/mol. The molecule has 1 aromatic heterocycles. The number of carbonyl (C=O) groups excluding carboxylic acids is 1. The van der Waals surface area contributed by atoms with Crippen LogP contribution < -0.4 is 5.32 Å². The van der Waals surface area contributed by atoms with Crippen molar-refractivity contribution in [1.82, 2.24) is 4.98 Å². The number of anilines is 1. The number of thiazole rings is 1. The Morgan fingerprint density at radius 2 is 1.96 bits per heavy atom. The van der Waals surface area contributed by atoms with Crippen LogP contribution in [0.5, 0.6) is 5.75 Å². The molecule has 1 heterocycles. The van der Waals surface area contributed by atoms with Crippen molar-refractivity contribution in [2.45, 2.75) is 6.92 Å². The standard InChI is InChI=1S/C17H13BrN2O2S/c1-10-5-7-11(8-6-10)14-9-23-17(19-14)20-16(22)12-3-2-4-13(18)15(12)21/h2-9,21H,1H3,(H,19,20,22). The third-order valence-corrected chi connectivity index (χ3v) is 4.70. The summed E-state index contributed by atoms with van der Waals surface area (Å²) in [5, 5.41) is 15.0. The van der Waals surface area contributed by atoms with Crippen LogP contribution in [0.3, 0.4) is 0 Å². The van der Waals surface area contributed by atoms with Gasteiger partial charge in [-0.1, -0.05) is 35.9 Å². The lowest BCUT2D eigenvalue weighted by Gasteiger charge is -2.05. The summed E-state index contributed by atoms with van der Waals surface area (Å²) in [5.41, 5.74) is 3.19. The number of carbonyl (C=O) groups is 1. The van der Waals surface area contributed by atoms with E-state index in [-0.39, 0.29) is 11.3 Å². The Labute approximate surface area is 146 Å². The Balaban J connectivity index is 1.80. The van der Waals surface area contributed by atoms with Gasteiger partial charge in [0.05, 0.1) is 15.7 Å². The number of halogens is 1. The number of phenolic OH excluding ortho intramolecular Hbond substituents is 1. The van der Waals surface area contributed by atoms with E-state index in [1.165, 1.54) is 16.9 Å². The van der Waals surface area contributed by atoms with Crippen molar-refractivity contribution in [3.05, 3.63) is 63.4 Å². The third-order valence-electron chi connectivity index (χ3n) is 3.30. The second-order valence-corrected chi connectivity index (χ2v) is 6.71. The largest absolute Gasteiger partial charge is 0.506 e. The van der Waals surface area contributed by atoms with Gasteiger partial charge in [-0.3, -0.25) is 10.1 Å². The number of aromatic nitrogens is 1. The van der Waals surface area contributed by atoms with Crippen LogP contribution in [-0.2, 0) is 0 Å². The molecule has 23 heavy (non-hydrogen) atoms. The first-order chi connectivity index (χ1) is 11.0. The maximum absolute atomic E-state index is 12.3. The molecule has 0 aliphatic rings. The molecule has 2 N–H and O–H groups in total. The van der Waals surface area contributed by atoms with E-state index in [1.807, 2.05) is 36.6 Å². The number of phenols is 1. The van der Waals surface area contributed by atoms with Crippen LogP contribution in [0, 0.1) is 6.92 Å². The van der Waals surface area contributed by atoms with Gasteiger partial charge in [-0.05, 0) is 35.0 Å². The number of para-hydroxylation sites is 1. The smallest absolute Gasteiger partial charge is 0.261 e. The van der Waals surface area contributed by atoms with Crippen LogP contribution in [0.15, 0.2) is 52.3 Å². The molecule has 0 bridgehead atoms. The number of rotatable bonds is 3. The van der Waals surface area contributed by atoms with Gasteiger partial charge < -0.3 is 5.11 Å². The molecule has 116 valence electrons. The summed E-state index contributed by atoms with van der Waals surface area (Å²) in [6.07, 6.45) is 0. The SMILES string of the molecule is Cc1ccc(-c2csc(NC(=O)c3cccc(Br)c3O)n2)cc1. The van der Waals surface area contributed by atoms with Crippen LogP contribution in [0.2, 0.25) is 0 Å². The first-order valence-corrected chi connectivity index (χ1v) is 8.53. The van der Waals surface area contributed by atoms with Crippen LogP contribution in [-0.4, -0.2) is 16.0 Å². The summed E-state index contributed by atoms with van der Waals surface area (Å²) in [6.45, 7) is 2.03. The van der Waals surface area contributed by atoms with Gasteiger partial charge in [0.15, 0.2) is 5.13 Å². The first kappa shape index (κ1) is 15.7. The average Bonchev–Trinajstić information content (AvgIpc) is 2.99. The Morgan fingerprint density at radius 3 is 2.70 bits per heavy atom. The summed E-state index contributed by atoms with van der Waals surface area (Å²) < 4.78 is 0.477. The van der Waals surface area contributed by atoms with Crippen LogP contribution >= 0.6 is 27.3 Å². The lowest BCUT2D eigenvalue weighted by atomic mass is 10.1. The molecule has 3 rings (SSSR count). The quantitative estimate of drug-likeness (QED) is 0.674. The van der Waals surface area contributed by atoms with E-state index in [0.717, 1.165) is 11.3 Å². The summed E-state index contributed by atoms with van der Waals surface area (Å²) in [4.78, 5) is 16.7. The Kier molecular flexibility index (Phi) is 4.45. The van der Waals surface area contributed by atoms with Gasteiger partial charge in [0, 0.05) is 10.9 Å². The summed E-state index contributed by atoms with van der Waals surface area (Å²) in [7, 11) is 0. The zero-order valence-electron chi connectivity index (χ0n) is 12.2. The van der Waals surface area contributed by atoms with E-state index in [0.29, 0.717) is 9.60 Å². The fourth-order valence-corrected chi connectivity index (χ4v) is 3.13. The maximum atomic E-state index is 12.3. The van der Waals surface area contributed by atoms with E-state index < -0.39 is 5.91 Å². The van der Waals surface area contributed by atoms with Crippen molar-refractivity contribution in [2.24, 2.45) is 0 Å². The van der Waals surface area contributed by atoms with E-state index in [9.17, 15) is 9.90 Å². The number of nitrogens with one attached hydrogen (secondary N) is 1. The predicted octanol–water partition coefficient (Wildman–Crippen LogP) is 4.84. The minimum absolute atomic E-state index is 0.0830. The van der Waals surface area contributed by atoms with E-state index in [1.54, 1.807) is 18.2 Å². The van der Waals surface area contributed by atoms with Gasteiger partial charge in [0.1, 0.15) is 5.75 Å². The molecule has 0 saturated carbocycles. The normalized spacial score (nSPS) is 10.5. The van der Waals surface area contributed by atoms with Crippen LogP contribution in [0.25, 0.3) is 11.3 Å². The molecular formula is C17H13BrN2O2S. The van der Waals surface area contributed by atoms with Crippen molar-refractivity contribution in [3.8, 4) is 17.0 Å². The molecule has 0 aliphatic carbocycles. The van der Waals surface area contributed by atoms with Crippen molar-refractivity contribution >= 4 is 38.3 Å². The second kappa shape index (κ2) is 6.52. The Morgan fingerprint density at radius 1 is 1.22 bits per heavy atom. The number of amides is 1. The van der Waals surface area contributed by atoms with Crippen molar-refractivity contribution in [3.63, 3.8) is 0 Å². The number of nitrogens with zero attached hydrogens (tertiary/aromatic N) is 1. The van der Waals surface area contributed by atoms with E-state index in [4.69, 9.17) is 0 Å². The fourth-order valence-electron chi connectivity index (χ4n) is 2.05. The van der Waals surface area contributed by atoms with E-state index >= 15 is 0 Å². The van der Waals surface area contributed by atoms with Gasteiger partial charge in [-0.25, -0.2) is 4.98 Å². The van der Waals surface area contributed by atoms with Gasteiger partial charge >= 0.3 is 0 Å². The predicted molar refractivity (Wildman–Crippen MR) is 96.0 cm³/mol. The summed E-state index contributed by atoms with van der Waals surface area (Å²) >= 11 is 4.54. The maximum Gasteiger partial charge on any atom is 0.261 e. The Bertz CT molecular complexity index is 859. The van der Waals surface area contributed by atoms with Crippen molar-refractivity contribution in [2.75, 3.05) is 5.32 Å². The van der Waals surface area contributed by atoms with Gasteiger partial charge in [0.2, 0.25) is 0 Å². The molecule has 3 aromatic rings. The molecule has 0 atom stereocenters. The molecule has 0 spiro atoms. The van der Waals surface area contributed by atoms with Crippen LogP contribution in [0.1, 0.15) is 15.9 Å².